The molecule has 1 saturated carbocycles. The van der Waals surface area contributed by atoms with Gasteiger partial charge in [-0.05, 0) is 37.6 Å². The molecule has 1 aliphatic carbocycles. The molecular formula is C14H24N2. The molecule has 0 amide bonds. The zero-order valence-corrected chi connectivity index (χ0v) is 10.5. The number of fused-ring (bicyclic) bond motifs is 1. The first kappa shape index (κ1) is 11.9. The number of nitrogens with zero attached hydrogens (tertiary/aromatic N) is 2. The van der Waals surface area contributed by atoms with Crippen LogP contribution in [0.15, 0.2) is 0 Å². The summed E-state index contributed by atoms with van der Waals surface area (Å²) in [7, 11) is 0. The highest BCUT2D eigenvalue weighted by atomic mass is 15.2. The van der Waals surface area contributed by atoms with E-state index in [1.807, 2.05) is 0 Å². The summed E-state index contributed by atoms with van der Waals surface area (Å²) in [5.41, 5.74) is 0. The van der Waals surface area contributed by atoms with Gasteiger partial charge in [0.25, 0.3) is 0 Å². The van der Waals surface area contributed by atoms with Crippen LogP contribution in [-0.2, 0) is 0 Å². The zero-order chi connectivity index (χ0) is 11.4. The summed E-state index contributed by atoms with van der Waals surface area (Å²) in [6.45, 7) is 4.72. The van der Waals surface area contributed by atoms with Crippen molar-refractivity contribution < 1.29 is 0 Å². The van der Waals surface area contributed by atoms with Gasteiger partial charge >= 0.3 is 0 Å². The fourth-order valence-electron chi connectivity index (χ4n) is 3.60. The second-order valence-corrected chi connectivity index (χ2v) is 5.51. The van der Waals surface area contributed by atoms with Gasteiger partial charge < -0.3 is 0 Å². The molecule has 2 aliphatic rings. The van der Waals surface area contributed by atoms with Crippen molar-refractivity contribution in [1.82, 2.24) is 4.90 Å². The van der Waals surface area contributed by atoms with Crippen molar-refractivity contribution in [2.75, 3.05) is 13.1 Å². The summed E-state index contributed by atoms with van der Waals surface area (Å²) >= 11 is 0. The third kappa shape index (κ3) is 2.58. The zero-order valence-electron chi connectivity index (χ0n) is 10.5. The molecule has 2 rings (SSSR count). The van der Waals surface area contributed by atoms with E-state index in [1.54, 1.807) is 0 Å². The molecule has 0 N–H and O–H groups in total. The Morgan fingerprint density at radius 3 is 2.69 bits per heavy atom. The third-order valence-corrected chi connectivity index (χ3v) is 4.64. The van der Waals surface area contributed by atoms with Crippen LogP contribution in [-0.4, -0.2) is 24.0 Å². The number of hydrogen-bond donors (Lipinski definition) is 0. The van der Waals surface area contributed by atoms with Gasteiger partial charge in [0.1, 0.15) is 0 Å². The van der Waals surface area contributed by atoms with Gasteiger partial charge in [-0.25, -0.2) is 0 Å². The highest BCUT2D eigenvalue weighted by Crippen LogP contribution is 2.36. The van der Waals surface area contributed by atoms with E-state index in [9.17, 15) is 0 Å². The van der Waals surface area contributed by atoms with Crippen LogP contribution in [0.1, 0.15) is 51.9 Å². The predicted octanol–water partition coefficient (Wildman–Crippen LogP) is 3.19. The van der Waals surface area contributed by atoms with Crippen molar-refractivity contribution in [2.24, 2.45) is 11.8 Å². The SMILES string of the molecule is CCC(CC#N)N1CCC2CCCCC2C1. The molecule has 0 spiro atoms. The number of hydrogen-bond acceptors (Lipinski definition) is 2. The number of rotatable bonds is 3. The Labute approximate surface area is 99.6 Å². The summed E-state index contributed by atoms with van der Waals surface area (Å²) in [4.78, 5) is 2.59. The summed E-state index contributed by atoms with van der Waals surface area (Å²) in [6, 6.07) is 2.87. The molecule has 2 fully saturated rings. The molecule has 0 aromatic carbocycles. The minimum Gasteiger partial charge on any atom is -0.299 e. The lowest BCUT2D eigenvalue weighted by molar-refractivity contribution is 0.0565. The van der Waals surface area contributed by atoms with Crippen molar-refractivity contribution in [3.05, 3.63) is 0 Å². The number of piperidine rings is 1. The van der Waals surface area contributed by atoms with E-state index < -0.39 is 0 Å². The molecule has 2 nitrogen and oxygen atoms in total. The Bertz CT molecular complexity index is 256. The Hall–Kier alpha value is -0.550. The maximum atomic E-state index is 8.85. The quantitative estimate of drug-likeness (QED) is 0.730. The first-order valence-corrected chi connectivity index (χ1v) is 6.96. The first-order valence-electron chi connectivity index (χ1n) is 6.96. The van der Waals surface area contributed by atoms with E-state index in [1.165, 1.54) is 45.2 Å². The fourth-order valence-corrected chi connectivity index (χ4v) is 3.60. The van der Waals surface area contributed by atoms with Crippen LogP contribution in [0.5, 0.6) is 0 Å². The second-order valence-electron chi connectivity index (χ2n) is 5.51. The van der Waals surface area contributed by atoms with Gasteiger partial charge in [-0.2, -0.15) is 5.26 Å². The van der Waals surface area contributed by atoms with Crippen LogP contribution in [0.3, 0.4) is 0 Å². The molecule has 0 bridgehead atoms. The molecule has 3 unspecified atom stereocenters. The Morgan fingerprint density at radius 1 is 1.25 bits per heavy atom. The van der Waals surface area contributed by atoms with Crippen molar-refractivity contribution in [3.63, 3.8) is 0 Å². The van der Waals surface area contributed by atoms with Crippen LogP contribution >= 0.6 is 0 Å². The van der Waals surface area contributed by atoms with E-state index in [0.29, 0.717) is 12.5 Å². The van der Waals surface area contributed by atoms with Gasteiger partial charge in [0, 0.05) is 12.6 Å². The number of likely N-dealkylation sites (tertiary alicyclic amines) is 1. The van der Waals surface area contributed by atoms with Gasteiger partial charge in [0.05, 0.1) is 12.5 Å². The second kappa shape index (κ2) is 5.68. The van der Waals surface area contributed by atoms with E-state index in [0.717, 1.165) is 18.3 Å². The highest BCUT2D eigenvalue weighted by Gasteiger charge is 2.33. The fraction of sp³-hybridized carbons (Fsp3) is 0.929. The lowest BCUT2D eigenvalue weighted by atomic mass is 9.74. The lowest BCUT2D eigenvalue weighted by Crippen LogP contribution is -2.46. The maximum absolute atomic E-state index is 8.85. The first-order chi connectivity index (χ1) is 7.85. The topological polar surface area (TPSA) is 27.0 Å². The van der Waals surface area contributed by atoms with Gasteiger partial charge in [-0.15, -0.1) is 0 Å². The molecule has 1 heterocycles. The molecule has 1 saturated heterocycles. The van der Waals surface area contributed by atoms with Crippen molar-refractivity contribution in [3.8, 4) is 6.07 Å². The summed E-state index contributed by atoms with van der Waals surface area (Å²) in [5, 5.41) is 8.85. The van der Waals surface area contributed by atoms with Crippen molar-refractivity contribution in [2.45, 2.75) is 57.9 Å². The van der Waals surface area contributed by atoms with Crippen LogP contribution < -0.4 is 0 Å². The predicted molar refractivity (Wildman–Crippen MR) is 65.9 cm³/mol. The molecule has 90 valence electrons. The largest absolute Gasteiger partial charge is 0.299 e. The van der Waals surface area contributed by atoms with Gasteiger partial charge in [-0.1, -0.05) is 26.2 Å². The molecule has 16 heavy (non-hydrogen) atoms. The smallest absolute Gasteiger partial charge is 0.0638 e. The lowest BCUT2D eigenvalue weighted by Gasteiger charge is -2.43. The van der Waals surface area contributed by atoms with E-state index in [4.69, 9.17) is 5.26 Å². The normalized spacial score (nSPS) is 32.8. The Kier molecular flexibility index (Phi) is 4.23. The average Bonchev–Trinajstić information content (AvgIpc) is 2.35. The van der Waals surface area contributed by atoms with Crippen LogP contribution in [0.25, 0.3) is 0 Å². The van der Waals surface area contributed by atoms with Gasteiger partial charge in [0.15, 0.2) is 0 Å². The van der Waals surface area contributed by atoms with Gasteiger partial charge in [0.2, 0.25) is 0 Å². The molecule has 2 heteroatoms. The molecule has 1 aliphatic heterocycles. The summed E-state index contributed by atoms with van der Waals surface area (Å²) < 4.78 is 0. The molecule has 0 aromatic rings. The van der Waals surface area contributed by atoms with E-state index in [2.05, 4.69) is 17.9 Å². The van der Waals surface area contributed by atoms with Crippen molar-refractivity contribution >= 4 is 0 Å². The van der Waals surface area contributed by atoms with Crippen molar-refractivity contribution in [1.29, 1.82) is 5.26 Å². The molecule has 3 atom stereocenters. The summed E-state index contributed by atoms with van der Waals surface area (Å²) in [5.74, 6) is 1.94. The minimum atomic E-state index is 0.521. The average molecular weight is 220 g/mol. The Balaban J connectivity index is 1.91. The van der Waals surface area contributed by atoms with E-state index in [-0.39, 0.29) is 0 Å². The van der Waals surface area contributed by atoms with Gasteiger partial charge in [-0.3, -0.25) is 4.90 Å². The standard InChI is InChI=1S/C14H24N2/c1-2-14(7-9-15)16-10-8-12-5-3-4-6-13(12)11-16/h12-14H,2-8,10-11H2,1H3. The van der Waals surface area contributed by atoms with Crippen LogP contribution in [0.2, 0.25) is 0 Å². The van der Waals surface area contributed by atoms with Crippen LogP contribution in [0, 0.1) is 23.2 Å². The molecule has 0 aromatic heterocycles. The Morgan fingerprint density at radius 2 is 2.00 bits per heavy atom. The third-order valence-electron chi connectivity index (χ3n) is 4.64. The minimum absolute atomic E-state index is 0.521. The molecule has 0 radical (unpaired) electrons. The highest BCUT2D eigenvalue weighted by molar-refractivity contribution is 4.89. The summed E-state index contributed by atoms with van der Waals surface area (Å²) in [6.07, 6.45) is 9.02. The maximum Gasteiger partial charge on any atom is 0.0638 e. The molecular weight excluding hydrogens is 196 g/mol. The monoisotopic (exact) mass is 220 g/mol. The number of nitriles is 1. The van der Waals surface area contributed by atoms with Crippen LogP contribution in [0.4, 0.5) is 0 Å². The van der Waals surface area contributed by atoms with E-state index >= 15 is 0 Å².